The highest BCUT2D eigenvalue weighted by Crippen LogP contribution is 2.42. The van der Waals surface area contributed by atoms with Gasteiger partial charge in [0.1, 0.15) is 11.6 Å². The minimum atomic E-state index is -0.916. The third-order valence-corrected chi connectivity index (χ3v) is 5.45. The number of carbonyl (C=O) groups excluding carboxylic acids is 2. The molecular formula is C25H19ClFNO3. The molecule has 156 valence electrons. The van der Waals surface area contributed by atoms with Crippen LogP contribution in [0, 0.1) is 19.7 Å². The molecule has 31 heavy (non-hydrogen) atoms. The molecule has 1 unspecified atom stereocenters. The van der Waals surface area contributed by atoms with Gasteiger partial charge in [-0.1, -0.05) is 41.9 Å². The van der Waals surface area contributed by atoms with E-state index in [0.29, 0.717) is 21.8 Å². The molecule has 1 fully saturated rings. The zero-order chi connectivity index (χ0) is 22.3. The van der Waals surface area contributed by atoms with Crippen LogP contribution in [0.2, 0.25) is 5.02 Å². The number of amides is 1. The van der Waals surface area contributed by atoms with Crippen LogP contribution in [0.5, 0.6) is 0 Å². The van der Waals surface area contributed by atoms with Crippen LogP contribution < -0.4 is 4.90 Å². The van der Waals surface area contributed by atoms with Crippen LogP contribution >= 0.6 is 11.6 Å². The van der Waals surface area contributed by atoms with Crippen molar-refractivity contribution >= 4 is 34.7 Å². The summed E-state index contributed by atoms with van der Waals surface area (Å²) >= 11 is 6.05. The number of halogens is 2. The van der Waals surface area contributed by atoms with Crippen molar-refractivity contribution in [1.82, 2.24) is 0 Å². The average molecular weight is 436 g/mol. The van der Waals surface area contributed by atoms with Crippen molar-refractivity contribution in [3.63, 3.8) is 0 Å². The van der Waals surface area contributed by atoms with Gasteiger partial charge < -0.3 is 5.11 Å². The predicted octanol–water partition coefficient (Wildman–Crippen LogP) is 5.72. The largest absolute Gasteiger partial charge is 0.507 e. The van der Waals surface area contributed by atoms with E-state index in [4.69, 9.17) is 11.6 Å². The first-order chi connectivity index (χ1) is 14.8. The molecule has 1 heterocycles. The van der Waals surface area contributed by atoms with Crippen LogP contribution in [0.1, 0.15) is 28.3 Å². The third kappa shape index (κ3) is 3.84. The fourth-order valence-electron chi connectivity index (χ4n) is 3.94. The van der Waals surface area contributed by atoms with Crippen LogP contribution in [-0.4, -0.2) is 16.8 Å². The summed E-state index contributed by atoms with van der Waals surface area (Å²) in [5.74, 6) is -2.35. The molecular weight excluding hydrogens is 417 g/mol. The third-order valence-electron chi connectivity index (χ3n) is 5.21. The van der Waals surface area contributed by atoms with Gasteiger partial charge in [-0.15, -0.1) is 0 Å². The molecule has 0 aliphatic carbocycles. The maximum absolute atomic E-state index is 13.6. The number of carbonyl (C=O) groups is 2. The number of anilines is 1. The Hall–Kier alpha value is -3.44. The normalized spacial score (nSPS) is 17.9. The molecule has 0 bridgehead atoms. The predicted molar refractivity (Wildman–Crippen MR) is 119 cm³/mol. The lowest BCUT2D eigenvalue weighted by molar-refractivity contribution is -0.132. The molecule has 1 aliphatic heterocycles. The second-order valence-corrected chi connectivity index (χ2v) is 8.01. The van der Waals surface area contributed by atoms with Crippen LogP contribution in [-0.2, 0) is 9.59 Å². The molecule has 1 saturated heterocycles. The van der Waals surface area contributed by atoms with E-state index in [2.05, 4.69) is 0 Å². The van der Waals surface area contributed by atoms with Gasteiger partial charge in [0.15, 0.2) is 0 Å². The van der Waals surface area contributed by atoms with Gasteiger partial charge in [-0.25, -0.2) is 4.39 Å². The number of nitrogens with zero attached hydrogens (tertiary/aromatic N) is 1. The van der Waals surface area contributed by atoms with Gasteiger partial charge in [0.25, 0.3) is 11.7 Å². The number of aryl methyl sites for hydroxylation is 2. The molecule has 1 aliphatic rings. The standard InChI is InChI=1S/C25H19ClFNO3/c1-14-10-15(2)12-20(11-14)28-22(16-6-8-19(27)9-7-16)21(24(30)25(28)31)23(29)17-4-3-5-18(26)13-17/h3-13,22,29H,1-2H3/b23-21+. The summed E-state index contributed by atoms with van der Waals surface area (Å²) in [6.07, 6.45) is 0. The molecule has 1 atom stereocenters. The minimum absolute atomic E-state index is 0.0713. The highest BCUT2D eigenvalue weighted by Gasteiger charge is 2.47. The van der Waals surface area contributed by atoms with E-state index in [-0.39, 0.29) is 11.3 Å². The van der Waals surface area contributed by atoms with Gasteiger partial charge in [0, 0.05) is 16.3 Å². The number of hydrogen-bond donors (Lipinski definition) is 1. The number of rotatable bonds is 3. The number of benzene rings is 3. The van der Waals surface area contributed by atoms with Crippen molar-refractivity contribution in [2.75, 3.05) is 4.90 Å². The molecule has 1 amide bonds. The first-order valence-corrected chi connectivity index (χ1v) is 10.0. The topological polar surface area (TPSA) is 57.6 Å². The molecule has 1 N–H and O–H groups in total. The quantitative estimate of drug-likeness (QED) is 0.325. The Morgan fingerprint density at radius 3 is 2.23 bits per heavy atom. The lowest BCUT2D eigenvalue weighted by Gasteiger charge is -2.26. The number of aliphatic hydroxyl groups excluding tert-OH is 1. The molecule has 3 aromatic rings. The summed E-state index contributed by atoms with van der Waals surface area (Å²) in [7, 11) is 0. The van der Waals surface area contributed by atoms with Crippen molar-refractivity contribution in [2.24, 2.45) is 0 Å². The maximum Gasteiger partial charge on any atom is 0.300 e. The number of aliphatic hydroxyl groups is 1. The van der Waals surface area contributed by atoms with Gasteiger partial charge in [-0.05, 0) is 66.9 Å². The van der Waals surface area contributed by atoms with E-state index < -0.39 is 23.5 Å². The summed E-state index contributed by atoms with van der Waals surface area (Å²) in [5, 5.41) is 11.4. The van der Waals surface area contributed by atoms with Gasteiger partial charge >= 0.3 is 0 Å². The van der Waals surface area contributed by atoms with Crippen LogP contribution in [0.3, 0.4) is 0 Å². The van der Waals surface area contributed by atoms with E-state index in [1.165, 1.54) is 35.2 Å². The van der Waals surface area contributed by atoms with Crippen molar-refractivity contribution in [3.8, 4) is 0 Å². The first-order valence-electron chi connectivity index (χ1n) is 9.67. The van der Waals surface area contributed by atoms with Crippen molar-refractivity contribution in [1.29, 1.82) is 0 Å². The van der Waals surface area contributed by atoms with E-state index in [1.807, 2.05) is 19.9 Å². The number of hydrogen-bond acceptors (Lipinski definition) is 3. The van der Waals surface area contributed by atoms with Gasteiger partial charge in [-0.2, -0.15) is 0 Å². The van der Waals surface area contributed by atoms with E-state index in [9.17, 15) is 19.1 Å². The van der Waals surface area contributed by atoms with Gasteiger partial charge in [0.2, 0.25) is 0 Å². The molecule has 6 heteroatoms. The highest BCUT2D eigenvalue weighted by molar-refractivity contribution is 6.51. The maximum atomic E-state index is 13.6. The molecule has 3 aromatic carbocycles. The lowest BCUT2D eigenvalue weighted by Crippen LogP contribution is -2.29. The van der Waals surface area contributed by atoms with Gasteiger partial charge in [-0.3, -0.25) is 14.5 Å². The minimum Gasteiger partial charge on any atom is -0.507 e. The molecule has 0 radical (unpaired) electrons. The van der Waals surface area contributed by atoms with E-state index in [1.54, 1.807) is 30.3 Å². The number of Topliss-reactive ketones (excluding diaryl/α,β-unsaturated/α-hetero) is 1. The second-order valence-electron chi connectivity index (χ2n) is 7.58. The molecule has 0 spiro atoms. The van der Waals surface area contributed by atoms with E-state index >= 15 is 0 Å². The summed E-state index contributed by atoms with van der Waals surface area (Å²) in [4.78, 5) is 27.6. The van der Waals surface area contributed by atoms with E-state index in [0.717, 1.165) is 11.1 Å². The summed E-state index contributed by atoms with van der Waals surface area (Å²) in [5.41, 5.74) is 3.12. The molecule has 4 nitrogen and oxygen atoms in total. The van der Waals surface area contributed by atoms with Crippen molar-refractivity contribution < 1.29 is 19.1 Å². The Labute approximate surface area is 184 Å². The van der Waals surface area contributed by atoms with Crippen LogP contribution in [0.25, 0.3) is 5.76 Å². The first kappa shape index (κ1) is 20.8. The fourth-order valence-corrected chi connectivity index (χ4v) is 4.13. The van der Waals surface area contributed by atoms with Crippen LogP contribution in [0.4, 0.5) is 10.1 Å². The lowest BCUT2D eigenvalue weighted by atomic mass is 9.95. The Bertz CT molecular complexity index is 1210. The number of ketones is 1. The Kier molecular flexibility index (Phi) is 5.38. The summed E-state index contributed by atoms with van der Waals surface area (Å²) in [6.45, 7) is 3.79. The summed E-state index contributed by atoms with van der Waals surface area (Å²) < 4.78 is 13.6. The Balaban J connectivity index is 1.97. The monoisotopic (exact) mass is 435 g/mol. The zero-order valence-electron chi connectivity index (χ0n) is 16.9. The smallest absolute Gasteiger partial charge is 0.300 e. The van der Waals surface area contributed by atoms with Crippen LogP contribution in [0.15, 0.2) is 72.3 Å². The fraction of sp³-hybridized carbons (Fsp3) is 0.120. The van der Waals surface area contributed by atoms with Crippen molar-refractivity contribution in [2.45, 2.75) is 19.9 Å². The van der Waals surface area contributed by atoms with Crippen molar-refractivity contribution in [3.05, 3.63) is 105 Å². The highest BCUT2D eigenvalue weighted by atomic mass is 35.5. The molecule has 0 aromatic heterocycles. The molecule has 0 saturated carbocycles. The average Bonchev–Trinajstić information content (AvgIpc) is 2.98. The zero-order valence-corrected chi connectivity index (χ0v) is 17.7. The SMILES string of the molecule is Cc1cc(C)cc(N2C(=O)C(=O)/C(=C(/O)c3cccc(Cl)c3)C2c2ccc(F)cc2)c1. The Morgan fingerprint density at radius 1 is 0.968 bits per heavy atom. The second kappa shape index (κ2) is 8.00. The molecule has 4 rings (SSSR count). The Morgan fingerprint density at radius 2 is 1.61 bits per heavy atom. The summed E-state index contributed by atoms with van der Waals surface area (Å²) in [6, 6.07) is 16.6. The van der Waals surface area contributed by atoms with Gasteiger partial charge in [0.05, 0.1) is 11.6 Å².